The summed E-state index contributed by atoms with van der Waals surface area (Å²) in [4.78, 5) is 26.7. The standard InChI is InChI=1S/C14H11NO4/c1-18-12-4-2-3-11(9-16)13(12)19-14(17)10-5-7-15-8-6-10/h2-9H,1H3. The number of pyridine rings is 1. The van der Waals surface area contributed by atoms with Crippen molar-refractivity contribution >= 4 is 12.3 Å². The molecule has 2 aromatic rings. The van der Waals surface area contributed by atoms with Gasteiger partial charge in [0.1, 0.15) is 0 Å². The Hall–Kier alpha value is -2.69. The van der Waals surface area contributed by atoms with Crippen LogP contribution in [0.3, 0.4) is 0 Å². The molecule has 0 spiro atoms. The van der Waals surface area contributed by atoms with Gasteiger partial charge in [-0.05, 0) is 24.3 Å². The van der Waals surface area contributed by atoms with Crippen LogP contribution in [-0.4, -0.2) is 24.3 Å². The molecule has 19 heavy (non-hydrogen) atoms. The number of rotatable bonds is 4. The highest BCUT2D eigenvalue weighted by atomic mass is 16.6. The van der Waals surface area contributed by atoms with Crippen molar-refractivity contribution in [3.05, 3.63) is 53.9 Å². The van der Waals surface area contributed by atoms with Gasteiger partial charge in [-0.1, -0.05) is 6.07 Å². The lowest BCUT2D eigenvalue weighted by molar-refractivity contribution is 0.0728. The van der Waals surface area contributed by atoms with Gasteiger partial charge in [0.15, 0.2) is 17.8 Å². The number of aldehydes is 1. The van der Waals surface area contributed by atoms with Crippen LogP contribution in [0.4, 0.5) is 0 Å². The summed E-state index contributed by atoms with van der Waals surface area (Å²) in [5, 5.41) is 0. The zero-order chi connectivity index (χ0) is 13.7. The average Bonchev–Trinajstić information content (AvgIpc) is 2.48. The molecule has 0 amide bonds. The number of ether oxygens (including phenoxy) is 2. The Balaban J connectivity index is 2.33. The van der Waals surface area contributed by atoms with Crippen molar-refractivity contribution in [3.63, 3.8) is 0 Å². The summed E-state index contributed by atoms with van der Waals surface area (Å²) in [5.74, 6) is -0.135. The highest BCUT2D eigenvalue weighted by Crippen LogP contribution is 2.30. The summed E-state index contributed by atoms with van der Waals surface area (Å²) in [5.41, 5.74) is 0.597. The van der Waals surface area contributed by atoms with Gasteiger partial charge >= 0.3 is 5.97 Å². The van der Waals surface area contributed by atoms with Crippen LogP contribution in [-0.2, 0) is 0 Å². The number of esters is 1. The predicted molar refractivity (Wildman–Crippen MR) is 67.6 cm³/mol. The first kappa shape index (κ1) is 12.8. The first-order valence-electron chi connectivity index (χ1n) is 5.50. The molecule has 0 saturated heterocycles. The van der Waals surface area contributed by atoms with E-state index in [2.05, 4.69) is 4.98 Å². The number of hydrogen-bond acceptors (Lipinski definition) is 5. The topological polar surface area (TPSA) is 65.5 Å². The summed E-state index contributed by atoms with van der Waals surface area (Å²) in [6.07, 6.45) is 3.58. The van der Waals surface area contributed by atoms with Gasteiger partial charge < -0.3 is 9.47 Å². The number of nitrogens with zero attached hydrogens (tertiary/aromatic N) is 1. The third-order valence-electron chi connectivity index (χ3n) is 2.47. The average molecular weight is 257 g/mol. The van der Waals surface area contributed by atoms with Gasteiger partial charge in [0.25, 0.3) is 0 Å². The van der Waals surface area contributed by atoms with E-state index < -0.39 is 5.97 Å². The minimum absolute atomic E-state index is 0.113. The predicted octanol–water partition coefficient (Wildman–Crippen LogP) is 2.12. The molecule has 96 valence electrons. The molecule has 0 bridgehead atoms. The van der Waals surface area contributed by atoms with Crippen molar-refractivity contribution in [2.24, 2.45) is 0 Å². The van der Waals surface area contributed by atoms with Crippen LogP contribution in [0.15, 0.2) is 42.7 Å². The Kier molecular flexibility index (Phi) is 3.87. The first-order chi connectivity index (χ1) is 9.26. The number of carbonyl (C=O) groups excluding carboxylic acids is 2. The normalized spacial score (nSPS) is 9.74. The van der Waals surface area contributed by atoms with E-state index in [1.54, 1.807) is 18.2 Å². The van der Waals surface area contributed by atoms with Crippen molar-refractivity contribution in [2.75, 3.05) is 7.11 Å². The smallest absolute Gasteiger partial charge is 0.343 e. The first-order valence-corrected chi connectivity index (χ1v) is 5.50. The second-order valence-corrected chi connectivity index (χ2v) is 3.62. The van der Waals surface area contributed by atoms with Gasteiger partial charge in [-0.15, -0.1) is 0 Å². The second-order valence-electron chi connectivity index (χ2n) is 3.62. The maximum atomic E-state index is 11.9. The van der Waals surface area contributed by atoms with Gasteiger partial charge in [0.05, 0.1) is 18.2 Å². The van der Waals surface area contributed by atoms with Crippen molar-refractivity contribution in [1.29, 1.82) is 0 Å². The third kappa shape index (κ3) is 2.77. The maximum Gasteiger partial charge on any atom is 0.343 e. The summed E-state index contributed by atoms with van der Waals surface area (Å²) < 4.78 is 10.3. The van der Waals surface area contributed by atoms with Gasteiger partial charge in [-0.3, -0.25) is 9.78 Å². The largest absolute Gasteiger partial charge is 0.493 e. The number of carbonyl (C=O) groups is 2. The van der Waals surface area contributed by atoms with Gasteiger partial charge in [0, 0.05) is 12.4 Å². The molecule has 0 aliphatic heterocycles. The highest BCUT2D eigenvalue weighted by Gasteiger charge is 2.15. The summed E-state index contributed by atoms with van der Waals surface area (Å²) >= 11 is 0. The number of methoxy groups -OCH3 is 1. The Morgan fingerprint density at radius 1 is 1.21 bits per heavy atom. The molecule has 1 aromatic carbocycles. The fraction of sp³-hybridized carbons (Fsp3) is 0.0714. The fourth-order valence-electron chi connectivity index (χ4n) is 1.54. The van der Waals surface area contributed by atoms with E-state index >= 15 is 0 Å². The van der Waals surface area contributed by atoms with Crippen molar-refractivity contribution < 1.29 is 19.1 Å². The molecular weight excluding hydrogens is 246 g/mol. The maximum absolute atomic E-state index is 11.9. The van der Waals surface area contributed by atoms with Crippen molar-refractivity contribution in [2.45, 2.75) is 0 Å². The lowest BCUT2D eigenvalue weighted by Crippen LogP contribution is -2.10. The quantitative estimate of drug-likeness (QED) is 0.477. The van der Waals surface area contributed by atoms with E-state index in [1.165, 1.54) is 31.6 Å². The van der Waals surface area contributed by atoms with E-state index in [0.717, 1.165) is 0 Å². The van der Waals surface area contributed by atoms with Crippen LogP contribution in [0, 0.1) is 0 Å². The third-order valence-corrected chi connectivity index (χ3v) is 2.47. The number of aromatic nitrogens is 1. The van der Waals surface area contributed by atoms with E-state index in [4.69, 9.17) is 9.47 Å². The molecule has 0 atom stereocenters. The Labute approximate surface area is 109 Å². The number of benzene rings is 1. The highest BCUT2D eigenvalue weighted by molar-refractivity contribution is 5.93. The Bertz CT molecular complexity index is 596. The van der Waals surface area contributed by atoms with Crippen LogP contribution >= 0.6 is 0 Å². The van der Waals surface area contributed by atoms with E-state index in [0.29, 0.717) is 17.6 Å². The SMILES string of the molecule is COc1cccc(C=O)c1OC(=O)c1ccncc1. The van der Waals surface area contributed by atoms with Gasteiger partial charge in [-0.25, -0.2) is 4.79 Å². The van der Waals surface area contributed by atoms with E-state index in [1.807, 2.05) is 0 Å². The number of para-hydroxylation sites is 1. The molecule has 2 rings (SSSR count). The minimum atomic E-state index is -0.574. The minimum Gasteiger partial charge on any atom is -0.493 e. The van der Waals surface area contributed by atoms with E-state index in [9.17, 15) is 9.59 Å². The van der Waals surface area contributed by atoms with Crippen molar-refractivity contribution in [1.82, 2.24) is 4.98 Å². The summed E-state index contributed by atoms with van der Waals surface area (Å²) in [6, 6.07) is 7.86. The molecule has 5 heteroatoms. The van der Waals surface area contributed by atoms with Crippen LogP contribution in [0.5, 0.6) is 11.5 Å². The van der Waals surface area contributed by atoms with Crippen LogP contribution in [0.1, 0.15) is 20.7 Å². The molecule has 1 aromatic heterocycles. The fourth-order valence-corrected chi connectivity index (χ4v) is 1.54. The molecule has 0 saturated carbocycles. The monoisotopic (exact) mass is 257 g/mol. The van der Waals surface area contributed by atoms with Gasteiger partial charge in [0.2, 0.25) is 0 Å². The lowest BCUT2D eigenvalue weighted by Gasteiger charge is -2.10. The molecule has 1 heterocycles. The molecule has 0 fully saturated rings. The number of hydrogen-bond donors (Lipinski definition) is 0. The molecule has 5 nitrogen and oxygen atoms in total. The Morgan fingerprint density at radius 2 is 1.95 bits per heavy atom. The summed E-state index contributed by atoms with van der Waals surface area (Å²) in [7, 11) is 1.44. The lowest BCUT2D eigenvalue weighted by atomic mass is 10.2. The molecule has 0 aliphatic carbocycles. The van der Waals surface area contributed by atoms with Crippen LogP contribution < -0.4 is 9.47 Å². The Morgan fingerprint density at radius 3 is 2.58 bits per heavy atom. The summed E-state index contributed by atoms with van der Waals surface area (Å²) in [6.45, 7) is 0. The van der Waals surface area contributed by atoms with Crippen LogP contribution in [0.25, 0.3) is 0 Å². The van der Waals surface area contributed by atoms with Crippen molar-refractivity contribution in [3.8, 4) is 11.5 Å². The van der Waals surface area contributed by atoms with E-state index in [-0.39, 0.29) is 11.3 Å². The molecule has 0 unspecified atom stereocenters. The van der Waals surface area contributed by atoms with Crippen LogP contribution in [0.2, 0.25) is 0 Å². The molecular formula is C14H11NO4. The zero-order valence-corrected chi connectivity index (χ0v) is 10.2. The van der Waals surface area contributed by atoms with Gasteiger partial charge in [-0.2, -0.15) is 0 Å². The molecule has 0 N–H and O–H groups in total. The molecule has 0 radical (unpaired) electrons. The second kappa shape index (κ2) is 5.77. The molecule has 0 aliphatic rings. The zero-order valence-electron chi connectivity index (χ0n) is 10.2.